The largest absolute Gasteiger partial charge is 0.481 e. The van der Waals surface area contributed by atoms with Gasteiger partial charge >= 0.3 is 12.0 Å². The van der Waals surface area contributed by atoms with E-state index in [2.05, 4.69) is 15.6 Å². The van der Waals surface area contributed by atoms with Gasteiger partial charge in [0.15, 0.2) is 0 Å². The summed E-state index contributed by atoms with van der Waals surface area (Å²) in [5, 5.41) is 17.0. The van der Waals surface area contributed by atoms with Crippen molar-refractivity contribution in [3.8, 4) is 0 Å². The normalized spacial score (nSPS) is 13.5. The average molecular weight is 299 g/mol. The molecule has 1 rings (SSSR count). The zero-order chi connectivity index (χ0) is 15.0. The highest BCUT2D eigenvalue weighted by molar-refractivity contribution is 7.09. The second-order valence-corrected chi connectivity index (χ2v) is 5.74. The van der Waals surface area contributed by atoms with Gasteiger partial charge in [0.2, 0.25) is 0 Å². The maximum absolute atomic E-state index is 11.7. The number of thiazole rings is 1. The van der Waals surface area contributed by atoms with Crippen LogP contribution in [0.5, 0.6) is 0 Å². The number of rotatable bonds is 8. The molecule has 2 amide bonds. The molecule has 7 heteroatoms. The fourth-order valence-electron chi connectivity index (χ4n) is 1.72. The number of hydrogen-bond acceptors (Lipinski definition) is 4. The standard InChI is InChI=1S/C13H21N3O3S/c1-9(12-14-6-7-20-12)8-15-13(19)16-10(2)4-3-5-11(17)18/h6-7,9-10H,3-5,8H2,1-2H3,(H,17,18)(H2,15,16,19). The van der Waals surface area contributed by atoms with E-state index in [9.17, 15) is 9.59 Å². The maximum atomic E-state index is 11.7. The minimum absolute atomic E-state index is 0.0375. The van der Waals surface area contributed by atoms with Gasteiger partial charge in [-0.05, 0) is 19.8 Å². The van der Waals surface area contributed by atoms with Gasteiger partial charge in [0.05, 0.1) is 5.01 Å². The Hall–Kier alpha value is -1.63. The molecule has 0 aliphatic heterocycles. The quantitative estimate of drug-likeness (QED) is 0.686. The summed E-state index contributed by atoms with van der Waals surface area (Å²) in [4.78, 5) is 26.3. The number of hydrogen-bond donors (Lipinski definition) is 3. The number of carbonyl (C=O) groups excluding carboxylic acids is 1. The molecule has 0 spiro atoms. The van der Waals surface area contributed by atoms with Gasteiger partial charge < -0.3 is 15.7 Å². The van der Waals surface area contributed by atoms with Gasteiger partial charge in [-0.25, -0.2) is 9.78 Å². The number of aliphatic carboxylic acids is 1. The molecule has 0 aliphatic rings. The van der Waals surface area contributed by atoms with E-state index in [4.69, 9.17) is 5.11 Å². The molecule has 1 aromatic rings. The predicted molar refractivity (Wildman–Crippen MR) is 78.0 cm³/mol. The van der Waals surface area contributed by atoms with Crippen molar-refractivity contribution in [1.29, 1.82) is 0 Å². The van der Waals surface area contributed by atoms with Crippen LogP contribution < -0.4 is 10.6 Å². The van der Waals surface area contributed by atoms with E-state index in [0.29, 0.717) is 19.4 Å². The van der Waals surface area contributed by atoms with E-state index >= 15 is 0 Å². The predicted octanol–water partition coefficient (Wildman–Crippen LogP) is 2.19. The summed E-state index contributed by atoms with van der Waals surface area (Å²) in [5.74, 6) is -0.623. The van der Waals surface area contributed by atoms with Crippen LogP contribution in [0.3, 0.4) is 0 Å². The van der Waals surface area contributed by atoms with Gasteiger partial charge in [-0.3, -0.25) is 4.79 Å². The van der Waals surface area contributed by atoms with E-state index in [1.165, 1.54) is 0 Å². The first-order chi connectivity index (χ1) is 9.49. The Bertz CT molecular complexity index is 423. The molecular formula is C13H21N3O3S. The summed E-state index contributed by atoms with van der Waals surface area (Å²) in [6, 6.07) is -0.263. The fourth-order valence-corrected chi connectivity index (χ4v) is 2.42. The summed E-state index contributed by atoms with van der Waals surface area (Å²) in [6.07, 6.45) is 3.10. The van der Waals surface area contributed by atoms with Crippen molar-refractivity contribution in [2.24, 2.45) is 0 Å². The molecule has 2 unspecified atom stereocenters. The number of nitrogens with one attached hydrogen (secondary N) is 2. The Morgan fingerprint density at radius 1 is 1.45 bits per heavy atom. The van der Waals surface area contributed by atoms with Crippen molar-refractivity contribution >= 4 is 23.3 Å². The van der Waals surface area contributed by atoms with Gasteiger partial charge in [0.1, 0.15) is 0 Å². The number of carboxylic acids is 1. The third-order valence-corrected chi connectivity index (χ3v) is 3.85. The highest BCUT2D eigenvalue weighted by Crippen LogP contribution is 2.16. The van der Waals surface area contributed by atoms with Crippen LogP contribution in [0.15, 0.2) is 11.6 Å². The minimum Gasteiger partial charge on any atom is -0.481 e. The monoisotopic (exact) mass is 299 g/mol. The highest BCUT2D eigenvalue weighted by atomic mass is 32.1. The van der Waals surface area contributed by atoms with Crippen LogP contribution >= 0.6 is 11.3 Å². The second kappa shape index (κ2) is 8.52. The molecule has 2 atom stereocenters. The van der Waals surface area contributed by atoms with Gasteiger partial charge in [-0.2, -0.15) is 0 Å². The summed E-state index contributed by atoms with van der Waals surface area (Å²) in [6.45, 7) is 4.41. The molecule has 0 aromatic carbocycles. The molecule has 0 saturated carbocycles. The fraction of sp³-hybridized carbons (Fsp3) is 0.615. The Kier molecular flexibility index (Phi) is 7.00. The van der Waals surface area contributed by atoms with Crippen LogP contribution in [0.1, 0.15) is 44.0 Å². The first-order valence-electron chi connectivity index (χ1n) is 6.64. The smallest absolute Gasteiger partial charge is 0.315 e. The Morgan fingerprint density at radius 2 is 2.20 bits per heavy atom. The zero-order valence-electron chi connectivity index (χ0n) is 11.8. The first-order valence-corrected chi connectivity index (χ1v) is 7.52. The van der Waals surface area contributed by atoms with E-state index in [1.807, 2.05) is 19.2 Å². The molecule has 0 bridgehead atoms. The van der Waals surface area contributed by atoms with Gasteiger partial charge in [0, 0.05) is 36.5 Å². The molecular weight excluding hydrogens is 278 g/mol. The Morgan fingerprint density at radius 3 is 2.80 bits per heavy atom. The molecule has 6 nitrogen and oxygen atoms in total. The van der Waals surface area contributed by atoms with Crippen LogP contribution in [0.2, 0.25) is 0 Å². The molecule has 0 aliphatic carbocycles. The maximum Gasteiger partial charge on any atom is 0.315 e. The number of urea groups is 1. The van der Waals surface area contributed by atoms with Crippen LogP contribution in [0.4, 0.5) is 4.79 Å². The minimum atomic E-state index is -0.807. The average Bonchev–Trinajstić information content (AvgIpc) is 2.89. The van der Waals surface area contributed by atoms with Crippen LogP contribution in [0, 0.1) is 0 Å². The van der Waals surface area contributed by atoms with Gasteiger partial charge in [-0.1, -0.05) is 6.92 Å². The number of aromatic nitrogens is 1. The molecule has 1 heterocycles. The SMILES string of the molecule is CC(CCCC(=O)O)NC(=O)NCC(C)c1nccs1. The number of amides is 2. The number of nitrogens with zero attached hydrogens (tertiary/aromatic N) is 1. The molecule has 3 N–H and O–H groups in total. The molecule has 0 saturated heterocycles. The van der Waals surface area contributed by atoms with Crippen molar-refractivity contribution in [3.63, 3.8) is 0 Å². The summed E-state index contributed by atoms with van der Waals surface area (Å²) in [5.41, 5.74) is 0. The van der Waals surface area contributed by atoms with E-state index in [1.54, 1.807) is 17.5 Å². The molecule has 20 heavy (non-hydrogen) atoms. The molecule has 1 aromatic heterocycles. The van der Waals surface area contributed by atoms with E-state index in [-0.39, 0.29) is 24.4 Å². The van der Waals surface area contributed by atoms with Gasteiger partial charge in [0.25, 0.3) is 0 Å². The lowest BCUT2D eigenvalue weighted by atomic mass is 10.1. The zero-order valence-corrected chi connectivity index (χ0v) is 12.6. The van der Waals surface area contributed by atoms with Crippen LogP contribution in [0.25, 0.3) is 0 Å². The lowest BCUT2D eigenvalue weighted by molar-refractivity contribution is -0.137. The molecule has 0 fully saturated rings. The summed E-state index contributed by atoms with van der Waals surface area (Å²) < 4.78 is 0. The van der Waals surface area contributed by atoms with Gasteiger partial charge in [-0.15, -0.1) is 11.3 Å². The van der Waals surface area contributed by atoms with Crippen molar-refractivity contribution in [2.45, 2.75) is 45.1 Å². The first kappa shape index (κ1) is 16.4. The molecule has 112 valence electrons. The van der Waals surface area contributed by atoms with Crippen molar-refractivity contribution < 1.29 is 14.7 Å². The van der Waals surface area contributed by atoms with Crippen LogP contribution in [-0.4, -0.2) is 34.7 Å². The Balaban J connectivity index is 2.17. The number of carbonyl (C=O) groups is 2. The third kappa shape index (κ3) is 6.51. The van der Waals surface area contributed by atoms with Crippen molar-refractivity contribution in [3.05, 3.63) is 16.6 Å². The summed E-state index contributed by atoms with van der Waals surface area (Å²) in [7, 11) is 0. The van der Waals surface area contributed by atoms with E-state index < -0.39 is 5.97 Å². The van der Waals surface area contributed by atoms with Crippen molar-refractivity contribution in [2.75, 3.05) is 6.54 Å². The lowest BCUT2D eigenvalue weighted by Crippen LogP contribution is -2.42. The van der Waals surface area contributed by atoms with E-state index in [0.717, 1.165) is 5.01 Å². The Labute approximate surface area is 122 Å². The second-order valence-electron chi connectivity index (χ2n) is 4.81. The topological polar surface area (TPSA) is 91.3 Å². The highest BCUT2D eigenvalue weighted by Gasteiger charge is 2.11. The summed E-state index contributed by atoms with van der Waals surface area (Å²) >= 11 is 1.57. The lowest BCUT2D eigenvalue weighted by Gasteiger charge is -2.15. The molecule has 0 radical (unpaired) electrons. The number of carboxylic acid groups (broad SMARTS) is 1. The van der Waals surface area contributed by atoms with Crippen molar-refractivity contribution in [1.82, 2.24) is 15.6 Å². The van der Waals surface area contributed by atoms with Crippen LogP contribution in [-0.2, 0) is 4.79 Å². The third-order valence-electron chi connectivity index (χ3n) is 2.85.